The Morgan fingerprint density at radius 1 is 0.821 bits per heavy atom. The maximum absolute atomic E-state index is 12.8. The summed E-state index contributed by atoms with van der Waals surface area (Å²) in [7, 11) is -3.94. The molecule has 0 fully saturated rings. The van der Waals surface area contributed by atoms with Crippen molar-refractivity contribution in [2.24, 2.45) is 0 Å². The fraction of sp³-hybridized carbons (Fsp3) is 0.0476. The number of nitrogens with zero attached hydrogens (tertiary/aromatic N) is 3. The smallest absolute Gasteiger partial charge is 0.202 e. The van der Waals surface area contributed by atoms with E-state index in [-0.39, 0.29) is 16.5 Å². The van der Waals surface area contributed by atoms with E-state index in [2.05, 4.69) is 20.0 Å². The van der Waals surface area contributed by atoms with Gasteiger partial charge in [-0.2, -0.15) is 0 Å². The van der Waals surface area contributed by atoms with Crippen molar-refractivity contribution in [2.45, 2.75) is 11.8 Å². The quantitative estimate of drug-likeness (QED) is 0.515. The number of nitrogens with one attached hydrogen (secondary N) is 1. The van der Waals surface area contributed by atoms with Crippen molar-refractivity contribution >= 4 is 38.4 Å². The zero-order chi connectivity index (χ0) is 19.6. The van der Waals surface area contributed by atoms with Crippen LogP contribution < -0.4 is 5.32 Å². The minimum atomic E-state index is -3.94. The average Bonchev–Trinajstić information content (AvgIpc) is 2.69. The molecule has 0 aliphatic rings. The second kappa shape index (κ2) is 7.28. The molecule has 0 atom stereocenters. The molecule has 4 rings (SSSR count). The summed E-state index contributed by atoms with van der Waals surface area (Å²) in [6, 6.07) is 23.2. The standard InChI is InChI=1S/C21H17N4O2S/c1-15-8-7-11-17(14-15)28(26,27)25-21-20(22-16-9-3-2-4-10-16)23-18-12-5-6-13-19(18)24-21/h2-14H,1H3,(H-,22,23,24,25)/q-1. The van der Waals surface area contributed by atoms with E-state index in [0.717, 1.165) is 11.3 Å². The minimum Gasteiger partial charge on any atom is -0.431 e. The van der Waals surface area contributed by atoms with Crippen LogP contribution in [-0.2, 0) is 10.0 Å². The maximum atomic E-state index is 12.8. The maximum Gasteiger partial charge on any atom is 0.202 e. The van der Waals surface area contributed by atoms with Gasteiger partial charge in [0.05, 0.1) is 10.4 Å². The van der Waals surface area contributed by atoms with E-state index in [9.17, 15) is 8.42 Å². The van der Waals surface area contributed by atoms with Crippen molar-refractivity contribution < 1.29 is 8.42 Å². The fourth-order valence-corrected chi connectivity index (χ4v) is 3.78. The molecular formula is C21H17N4O2S-. The number of hydrogen-bond acceptors (Lipinski definition) is 5. The predicted octanol–water partition coefficient (Wildman–Crippen LogP) is 5.08. The number of rotatable bonds is 5. The molecule has 0 spiro atoms. The number of para-hydroxylation sites is 3. The molecule has 0 amide bonds. The monoisotopic (exact) mass is 389 g/mol. The third-order valence-electron chi connectivity index (χ3n) is 4.08. The van der Waals surface area contributed by atoms with Crippen LogP contribution in [0, 0.1) is 6.92 Å². The van der Waals surface area contributed by atoms with Crippen molar-refractivity contribution in [3.8, 4) is 0 Å². The van der Waals surface area contributed by atoms with Crippen LogP contribution in [0.15, 0.2) is 83.8 Å². The summed E-state index contributed by atoms with van der Waals surface area (Å²) in [6.07, 6.45) is 0. The molecule has 3 aromatic carbocycles. The molecule has 0 bridgehead atoms. The largest absolute Gasteiger partial charge is 0.431 e. The minimum absolute atomic E-state index is 0.0176. The lowest BCUT2D eigenvalue weighted by atomic mass is 10.2. The van der Waals surface area contributed by atoms with E-state index in [4.69, 9.17) is 0 Å². The van der Waals surface area contributed by atoms with Crippen LogP contribution in [0.25, 0.3) is 15.8 Å². The zero-order valence-corrected chi connectivity index (χ0v) is 15.9. The molecule has 0 aliphatic carbocycles. The van der Waals surface area contributed by atoms with Crippen LogP contribution in [0.3, 0.4) is 0 Å². The average molecular weight is 389 g/mol. The van der Waals surface area contributed by atoms with Gasteiger partial charge in [-0.05, 0) is 54.2 Å². The summed E-state index contributed by atoms with van der Waals surface area (Å²) in [5.74, 6) is 0.296. The van der Waals surface area contributed by atoms with Crippen molar-refractivity contribution in [1.82, 2.24) is 9.97 Å². The van der Waals surface area contributed by atoms with E-state index in [1.165, 1.54) is 6.07 Å². The lowest BCUT2D eigenvalue weighted by molar-refractivity contribution is 0.603. The summed E-state index contributed by atoms with van der Waals surface area (Å²) < 4.78 is 29.6. The summed E-state index contributed by atoms with van der Waals surface area (Å²) in [4.78, 5) is 9.09. The highest BCUT2D eigenvalue weighted by Gasteiger charge is 2.13. The number of aromatic nitrogens is 2. The van der Waals surface area contributed by atoms with Gasteiger partial charge in [0.1, 0.15) is 5.82 Å². The molecule has 0 saturated carbocycles. The van der Waals surface area contributed by atoms with Crippen molar-refractivity contribution in [1.29, 1.82) is 0 Å². The van der Waals surface area contributed by atoms with Crippen molar-refractivity contribution in [3.05, 3.63) is 89.1 Å². The van der Waals surface area contributed by atoms with Crippen molar-refractivity contribution in [2.75, 3.05) is 5.32 Å². The first-order valence-electron chi connectivity index (χ1n) is 8.65. The normalized spacial score (nSPS) is 11.3. The molecule has 4 aromatic rings. The highest BCUT2D eigenvalue weighted by molar-refractivity contribution is 7.94. The van der Waals surface area contributed by atoms with Gasteiger partial charge in [0, 0.05) is 5.69 Å². The van der Waals surface area contributed by atoms with Crippen LogP contribution in [0.5, 0.6) is 0 Å². The molecule has 1 N–H and O–H groups in total. The van der Waals surface area contributed by atoms with Crippen LogP contribution in [-0.4, -0.2) is 18.4 Å². The van der Waals surface area contributed by atoms with Gasteiger partial charge in [-0.15, -0.1) is 0 Å². The Morgan fingerprint density at radius 3 is 2.21 bits per heavy atom. The second-order valence-electron chi connectivity index (χ2n) is 6.26. The molecular weight excluding hydrogens is 372 g/mol. The highest BCUT2D eigenvalue weighted by atomic mass is 32.2. The van der Waals surface area contributed by atoms with Gasteiger partial charge in [0.25, 0.3) is 0 Å². The van der Waals surface area contributed by atoms with Gasteiger partial charge in [0.2, 0.25) is 10.0 Å². The first kappa shape index (κ1) is 17.9. The van der Waals surface area contributed by atoms with Gasteiger partial charge in [0.15, 0.2) is 0 Å². The molecule has 28 heavy (non-hydrogen) atoms. The third-order valence-corrected chi connectivity index (χ3v) is 5.35. The molecule has 6 nitrogen and oxygen atoms in total. The van der Waals surface area contributed by atoms with Crippen LogP contribution >= 0.6 is 0 Å². The topological polar surface area (TPSA) is 86.1 Å². The number of sulfonamides is 1. The van der Waals surface area contributed by atoms with Crippen molar-refractivity contribution in [3.63, 3.8) is 0 Å². The van der Waals surface area contributed by atoms with Gasteiger partial charge in [-0.25, -0.2) is 13.4 Å². The molecule has 0 saturated heterocycles. The van der Waals surface area contributed by atoms with Crippen LogP contribution in [0.4, 0.5) is 17.3 Å². The SMILES string of the molecule is Cc1cccc(S(=O)(=O)[N-]c2nc3ccccc3nc2Nc2ccccc2)c1. The van der Waals surface area contributed by atoms with Crippen LogP contribution in [0.2, 0.25) is 0 Å². The summed E-state index contributed by atoms with van der Waals surface area (Å²) >= 11 is 0. The lowest BCUT2D eigenvalue weighted by Crippen LogP contribution is -2.03. The van der Waals surface area contributed by atoms with E-state index in [1.54, 1.807) is 18.2 Å². The highest BCUT2D eigenvalue weighted by Crippen LogP contribution is 2.34. The molecule has 0 unspecified atom stereocenters. The van der Waals surface area contributed by atoms with Gasteiger partial charge in [-0.3, -0.25) is 0 Å². The zero-order valence-electron chi connectivity index (χ0n) is 15.1. The van der Waals surface area contributed by atoms with Crippen LogP contribution in [0.1, 0.15) is 5.56 Å². The first-order valence-corrected chi connectivity index (χ1v) is 10.1. The Morgan fingerprint density at radius 2 is 1.50 bits per heavy atom. The van der Waals surface area contributed by atoms with Gasteiger partial charge < -0.3 is 15.0 Å². The molecule has 0 radical (unpaired) electrons. The Balaban J connectivity index is 1.79. The number of aryl methyl sites for hydroxylation is 1. The molecule has 140 valence electrons. The number of benzene rings is 3. The van der Waals surface area contributed by atoms with E-state index < -0.39 is 10.0 Å². The molecule has 1 aromatic heterocycles. The summed E-state index contributed by atoms with van der Waals surface area (Å²) in [6.45, 7) is 1.83. The lowest BCUT2D eigenvalue weighted by Gasteiger charge is -2.21. The van der Waals surface area contributed by atoms with E-state index in [1.807, 2.05) is 61.5 Å². The third kappa shape index (κ3) is 3.79. The Bertz CT molecular complexity index is 1240. The van der Waals surface area contributed by atoms with E-state index >= 15 is 0 Å². The van der Waals surface area contributed by atoms with Gasteiger partial charge >= 0.3 is 0 Å². The number of hydrogen-bond donors (Lipinski definition) is 1. The van der Waals surface area contributed by atoms with E-state index in [0.29, 0.717) is 11.0 Å². The Labute approximate surface area is 163 Å². The Kier molecular flexibility index (Phi) is 4.67. The molecule has 0 aliphatic heterocycles. The summed E-state index contributed by atoms with van der Waals surface area (Å²) in [5.41, 5.74) is 2.81. The second-order valence-corrected chi connectivity index (χ2v) is 7.86. The number of anilines is 2. The number of fused-ring (bicyclic) bond motifs is 1. The first-order chi connectivity index (χ1) is 13.5. The summed E-state index contributed by atoms with van der Waals surface area (Å²) in [5, 5.41) is 3.12. The molecule has 1 heterocycles. The Hall–Kier alpha value is -3.45. The fourth-order valence-electron chi connectivity index (χ4n) is 2.74. The molecule has 7 heteroatoms. The predicted molar refractivity (Wildman–Crippen MR) is 111 cm³/mol. The van der Waals surface area contributed by atoms with Gasteiger partial charge in [-0.1, -0.05) is 48.5 Å².